The van der Waals surface area contributed by atoms with Gasteiger partial charge in [-0.2, -0.15) is 0 Å². The van der Waals surface area contributed by atoms with E-state index in [0.717, 1.165) is 5.56 Å². The first-order valence-corrected chi connectivity index (χ1v) is 10.3. The summed E-state index contributed by atoms with van der Waals surface area (Å²) >= 11 is 11.9. The Morgan fingerprint density at radius 1 is 0.903 bits per heavy atom. The van der Waals surface area contributed by atoms with E-state index in [-0.39, 0.29) is 11.8 Å². The minimum atomic E-state index is -0.634. The number of benzene rings is 3. The monoisotopic (exact) mass is 452 g/mol. The van der Waals surface area contributed by atoms with Gasteiger partial charge < -0.3 is 15.4 Å². The minimum Gasteiger partial charge on any atom is -0.457 e. The normalized spacial score (nSPS) is 15.8. The zero-order chi connectivity index (χ0) is 22.0. The summed E-state index contributed by atoms with van der Waals surface area (Å²) in [4.78, 5) is 25.5. The third-order valence-corrected chi connectivity index (χ3v) is 5.36. The molecule has 7 heteroatoms. The van der Waals surface area contributed by atoms with Crippen molar-refractivity contribution >= 4 is 35.0 Å². The van der Waals surface area contributed by atoms with E-state index < -0.39 is 6.04 Å². The van der Waals surface area contributed by atoms with Crippen molar-refractivity contribution < 1.29 is 14.3 Å². The first kappa shape index (κ1) is 21.0. The fraction of sp³-hybridized carbons (Fsp3) is 0.0833. The molecular weight excluding hydrogens is 435 g/mol. The van der Waals surface area contributed by atoms with Crippen LogP contribution in [0.15, 0.2) is 84.1 Å². The highest BCUT2D eigenvalue weighted by Crippen LogP contribution is 2.32. The molecule has 0 radical (unpaired) electrons. The lowest BCUT2D eigenvalue weighted by Crippen LogP contribution is -2.45. The zero-order valence-corrected chi connectivity index (χ0v) is 18.0. The molecule has 0 fully saturated rings. The van der Waals surface area contributed by atoms with Gasteiger partial charge in [0.2, 0.25) is 0 Å². The number of allylic oxidation sites excluding steroid dienone is 1. The van der Waals surface area contributed by atoms with Gasteiger partial charge in [0.1, 0.15) is 11.5 Å². The van der Waals surface area contributed by atoms with E-state index in [2.05, 4.69) is 10.6 Å². The SMILES string of the molecule is CC1=C(C(=O)c2ccc(Cl)cc2)[C@@H](c2cccc(Oc3ccc(Cl)cc3)c2)NC(=O)N1. The lowest BCUT2D eigenvalue weighted by molar-refractivity contribution is 0.102. The molecule has 156 valence electrons. The highest BCUT2D eigenvalue weighted by molar-refractivity contribution is 6.31. The molecule has 1 aliphatic rings. The molecule has 31 heavy (non-hydrogen) atoms. The number of hydrogen-bond donors (Lipinski definition) is 2. The van der Waals surface area contributed by atoms with Crippen molar-refractivity contribution in [3.8, 4) is 11.5 Å². The Morgan fingerprint density at radius 2 is 1.55 bits per heavy atom. The molecule has 2 amide bonds. The lowest BCUT2D eigenvalue weighted by Gasteiger charge is -2.29. The standard InChI is InChI=1S/C24H18Cl2N2O3/c1-14-21(23(29)15-5-7-17(25)8-6-15)22(28-24(30)27-14)16-3-2-4-20(13-16)31-19-11-9-18(26)10-12-19/h2-13,22H,1H3,(H2,27,28,30)/t22-/m1/s1. The fourth-order valence-electron chi connectivity index (χ4n) is 3.40. The molecule has 0 aliphatic carbocycles. The van der Waals surface area contributed by atoms with Gasteiger partial charge in [-0.05, 0) is 73.2 Å². The molecule has 1 atom stereocenters. The van der Waals surface area contributed by atoms with Crippen molar-refractivity contribution in [1.82, 2.24) is 10.6 Å². The number of ketones is 1. The number of rotatable bonds is 5. The summed E-state index contributed by atoms with van der Waals surface area (Å²) in [5.41, 5.74) is 2.15. The lowest BCUT2D eigenvalue weighted by atomic mass is 9.89. The average molecular weight is 453 g/mol. The fourth-order valence-corrected chi connectivity index (χ4v) is 3.65. The van der Waals surface area contributed by atoms with Gasteiger partial charge in [-0.1, -0.05) is 35.3 Å². The van der Waals surface area contributed by atoms with Crippen LogP contribution < -0.4 is 15.4 Å². The number of hydrogen-bond acceptors (Lipinski definition) is 3. The van der Waals surface area contributed by atoms with E-state index in [1.807, 2.05) is 12.1 Å². The maximum atomic E-state index is 13.3. The van der Waals surface area contributed by atoms with Crippen LogP contribution in [-0.4, -0.2) is 11.8 Å². The molecule has 0 saturated carbocycles. The van der Waals surface area contributed by atoms with Gasteiger partial charge in [0.15, 0.2) is 5.78 Å². The van der Waals surface area contributed by atoms with E-state index in [1.165, 1.54) is 0 Å². The molecule has 0 saturated heterocycles. The smallest absolute Gasteiger partial charge is 0.319 e. The Morgan fingerprint density at radius 3 is 2.23 bits per heavy atom. The topological polar surface area (TPSA) is 67.4 Å². The number of ether oxygens (including phenoxy) is 1. The van der Waals surface area contributed by atoms with Crippen LogP contribution in [-0.2, 0) is 0 Å². The quantitative estimate of drug-likeness (QED) is 0.446. The van der Waals surface area contributed by atoms with Gasteiger partial charge in [0.05, 0.1) is 6.04 Å². The van der Waals surface area contributed by atoms with Crippen LogP contribution in [0.4, 0.5) is 4.79 Å². The average Bonchev–Trinajstić information content (AvgIpc) is 2.75. The van der Waals surface area contributed by atoms with Crippen molar-refractivity contribution in [3.05, 3.63) is 105 Å². The molecule has 0 spiro atoms. The summed E-state index contributed by atoms with van der Waals surface area (Å²) in [7, 11) is 0. The predicted octanol–water partition coefficient (Wildman–Crippen LogP) is 6.30. The van der Waals surface area contributed by atoms with E-state index in [1.54, 1.807) is 67.6 Å². The number of nitrogens with one attached hydrogen (secondary N) is 2. The first-order valence-electron chi connectivity index (χ1n) is 9.52. The molecule has 2 N–H and O–H groups in total. The summed E-state index contributed by atoms with van der Waals surface area (Å²) in [6.45, 7) is 1.71. The number of carbonyl (C=O) groups excluding carboxylic acids is 2. The number of carbonyl (C=O) groups is 2. The highest BCUT2D eigenvalue weighted by Gasteiger charge is 2.31. The molecule has 3 aromatic rings. The van der Waals surface area contributed by atoms with Crippen molar-refractivity contribution in [2.45, 2.75) is 13.0 Å². The summed E-state index contributed by atoms with van der Waals surface area (Å²) < 4.78 is 5.91. The molecule has 0 bridgehead atoms. The van der Waals surface area contributed by atoms with Gasteiger partial charge in [-0.15, -0.1) is 0 Å². The maximum Gasteiger partial charge on any atom is 0.319 e. The van der Waals surface area contributed by atoms with E-state index in [0.29, 0.717) is 38.4 Å². The van der Waals surface area contributed by atoms with Crippen LogP contribution in [0.25, 0.3) is 0 Å². The summed E-state index contributed by atoms with van der Waals surface area (Å²) in [6.07, 6.45) is 0. The van der Waals surface area contributed by atoms with E-state index in [9.17, 15) is 9.59 Å². The van der Waals surface area contributed by atoms with Crippen molar-refractivity contribution in [1.29, 1.82) is 0 Å². The Bertz CT molecular complexity index is 1170. The molecule has 5 nitrogen and oxygen atoms in total. The Hall–Kier alpha value is -3.28. The van der Waals surface area contributed by atoms with Crippen LogP contribution in [0, 0.1) is 0 Å². The molecular formula is C24H18Cl2N2O3. The number of amides is 2. The Balaban J connectivity index is 1.68. The maximum absolute atomic E-state index is 13.3. The molecule has 1 heterocycles. The van der Waals surface area contributed by atoms with Crippen molar-refractivity contribution in [3.63, 3.8) is 0 Å². The van der Waals surface area contributed by atoms with E-state index in [4.69, 9.17) is 27.9 Å². The van der Waals surface area contributed by atoms with Crippen LogP contribution in [0.3, 0.4) is 0 Å². The first-order chi connectivity index (χ1) is 14.9. The number of Topliss-reactive ketones (excluding diaryl/α,β-unsaturated/α-hetero) is 1. The van der Waals surface area contributed by atoms with Gasteiger partial charge in [0.25, 0.3) is 0 Å². The molecule has 0 aromatic heterocycles. The third-order valence-electron chi connectivity index (χ3n) is 4.86. The van der Waals surface area contributed by atoms with Crippen LogP contribution in [0.5, 0.6) is 11.5 Å². The second kappa shape index (κ2) is 8.84. The number of halogens is 2. The second-order valence-electron chi connectivity index (χ2n) is 7.03. The molecule has 1 aliphatic heterocycles. The van der Waals surface area contributed by atoms with Crippen LogP contribution in [0.1, 0.15) is 28.9 Å². The van der Waals surface area contributed by atoms with Crippen molar-refractivity contribution in [2.75, 3.05) is 0 Å². The van der Waals surface area contributed by atoms with Crippen LogP contribution in [0.2, 0.25) is 10.0 Å². The largest absolute Gasteiger partial charge is 0.457 e. The van der Waals surface area contributed by atoms with Gasteiger partial charge in [-0.25, -0.2) is 4.79 Å². The summed E-state index contributed by atoms with van der Waals surface area (Å²) in [5.74, 6) is 0.999. The van der Waals surface area contributed by atoms with E-state index >= 15 is 0 Å². The minimum absolute atomic E-state index is 0.198. The molecule has 4 rings (SSSR count). The molecule has 3 aromatic carbocycles. The Kier molecular flexibility index (Phi) is 5.98. The van der Waals surface area contributed by atoms with Gasteiger partial charge in [0, 0.05) is 26.9 Å². The summed E-state index contributed by atoms with van der Waals surface area (Å²) in [5, 5.41) is 6.69. The molecule has 0 unspecified atom stereocenters. The second-order valence-corrected chi connectivity index (χ2v) is 7.91. The predicted molar refractivity (Wildman–Crippen MR) is 121 cm³/mol. The van der Waals surface area contributed by atoms with Crippen molar-refractivity contribution in [2.24, 2.45) is 0 Å². The zero-order valence-electron chi connectivity index (χ0n) is 16.5. The highest BCUT2D eigenvalue weighted by atomic mass is 35.5. The third kappa shape index (κ3) is 4.74. The van der Waals surface area contributed by atoms with Gasteiger partial charge >= 0.3 is 6.03 Å². The summed E-state index contributed by atoms with van der Waals surface area (Å²) in [6, 6.07) is 19.9. The van der Waals surface area contributed by atoms with Gasteiger partial charge in [-0.3, -0.25) is 4.79 Å². The Labute approximate surface area is 189 Å². The number of urea groups is 1. The van der Waals surface area contributed by atoms with Crippen LogP contribution >= 0.6 is 23.2 Å².